The van der Waals surface area contributed by atoms with Crippen LogP contribution >= 0.6 is 11.6 Å². The van der Waals surface area contributed by atoms with Crippen LogP contribution in [0.5, 0.6) is 0 Å². The van der Waals surface area contributed by atoms with Crippen LogP contribution in [0.1, 0.15) is 11.6 Å². The Morgan fingerprint density at radius 1 is 1.50 bits per heavy atom. The van der Waals surface area contributed by atoms with Crippen molar-refractivity contribution in [2.75, 3.05) is 13.0 Å². The second kappa shape index (κ2) is 5.92. The molecule has 0 aliphatic carbocycles. The number of esters is 1. The third-order valence-electron chi connectivity index (χ3n) is 2.87. The van der Waals surface area contributed by atoms with Crippen molar-refractivity contribution in [1.82, 2.24) is 10.6 Å². The maximum Gasteiger partial charge on any atom is 0.338 e. The van der Waals surface area contributed by atoms with Crippen LogP contribution in [-0.2, 0) is 9.53 Å². The number of hydrogen-bond acceptors (Lipinski definition) is 3. The van der Waals surface area contributed by atoms with Crippen LogP contribution in [0.25, 0.3) is 0 Å². The number of halogens is 2. The van der Waals surface area contributed by atoms with Gasteiger partial charge >= 0.3 is 12.0 Å². The molecule has 2 amide bonds. The fourth-order valence-corrected chi connectivity index (χ4v) is 2.22. The van der Waals surface area contributed by atoms with E-state index in [9.17, 15) is 14.0 Å². The van der Waals surface area contributed by atoms with Crippen molar-refractivity contribution < 1.29 is 18.7 Å². The zero-order valence-corrected chi connectivity index (χ0v) is 11.3. The van der Waals surface area contributed by atoms with Crippen molar-refractivity contribution in [1.29, 1.82) is 0 Å². The number of nitrogens with one attached hydrogen (secondary N) is 2. The van der Waals surface area contributed by atoms with E-state index >= 15 is 0 Å². The fraction of sp³-hybridized carbons (Fsp3) is 0.231. The minimum Gasteiger partial charge on any atom is -0.466 e. The number of hydrogen-bond donors (Lipinski definition) is 2. The Labute approximate surface area is 119 Å². The van der Waals surface area contributed by atoms with Gasteiger partial charge in [-0.1, -0.05) is 12.1 Å². The first-order valence-corrected chi connectivity index (χ1v) is 6.30. The predicted octanol–water partition coefficient (Wildman–Crippen LogP) is 1.85. The molecule has 0 bridgehead atoms. The summed E-state index contributed by atoms with van der Waals surface area (Å²) in [4.78, 5) is 23.5. The summed E-state index contributed by atoms with van der Waals surface area (Å²) in [6, 6.07) is 4.30. The van der Waals surface area contributed by atoms with Crippen LogP contribution in [-0.4, -0.2) is 25.0 Å². The quantitative estimate of drug-likeness (QED) is 0.661. The van der Waals surface area contributed by atoms with Crippen molar-refractivity contribution in [2.24, 2.45) is 0 Å². The second-order valence-corrected chi connectivity index (χ2v) is 4.37. The molecule has 1 unspecified atom stereocenters. The van der Waals surface area contributed by atoms with Crippen LogP contribution < -0.4 is 10.6 Å². The third kappa shape index (κ3) is 2.75. The second-order valence-electron chi connectivity index (χ2n) is 4.10. The largest absolute Gasteiger partial charge is 0.466 e. The zero-order chi connectivity index (χ0) is 14.7. The molecular formula is C13H12ClFN2O3. The van der Waals surface area contributed by atoms with Gasteiger partial charge in [-0.3, -0.25) is 0 Å². The van der Waals surface area contributed by atoms with E-state index in [1.54, 1.807) is 6.07 Å². The summed E-state index contributed by atoms with van der Waals surface area (Å²) in [6.07, 6.45) is 0. The van der Waals surface area contributed by atoms with Gasteiger partial charge in [0, 0.05) is 5.70 Å². The summed E-state index contributed by atoms with van der Waals surface area (Å²) in [5.41, 5.74) is 0.840. The van der Waals surface area contributed by atoms with Crippen molar-refractivity contribution in [2.45, 2.75) is 6.04 Å². The van der Waals surface area contributed by atoms with Gasteiger partial charge in [0.2, 0.25) is 0 Å². The maximum atomic E-state index is 13.3. The van der Waals surface area contributed by atoms with E-state index in [0.29, 0.717) is 5.56 Å². The van der Waals surface area contributed by atoms with Crippen molar-refractivity contribution in [3.63, 3.8) is 0 Å². The van der Waals surface area contributed by atoms with E-state index in [1.165, 1.54) is 25.3 Å². The number of alkyl halides is 1. The van der Waals surface area contributed by atoms with E-state index in [4.69, 9.17) is 16.3 Å². The number of methoxy groups -OCH3 is 1. The molecule has 0 radical (unpaired) electrons. The molecule has 0 fully saturated rings. The molecule has 7 heteroatoms. The molecule has 0 aromatic heterocycles. The highest BCUT2D eigenvalue weighted by Gasteiger charge is 2.33. The molecule has 1 aromatic carbocycles. The minimum atomic E-state index is -0.805. The summed E-state index contributed by atoms with van der Waals surface area (Å²) in [5.74, 6) is -1.17. The van der Waals surface area contributed by atoms with E-state index in [0.717, 1.165) is 0 Å². The SMILES string of the molecule is COC(=O)C1=C(CCl)NC(=O)NC1c1cccc(F)c1. The summed E-state index contributed by atoms with van der Waals surface area (Å²) in [6.45, 7) is 0. The van der Waals surface area contributed by atoms with E-state index < -0.39 is 23.9 Å². The number of rotatable bonds is 3. The van der Waals surface area contributed by atoms with Gasteiger partial charge in [0.15, 0.2) is 0 Å². The Bertz CT molecular complexity index is 589. The van der Waals surface area contributed by atoms with E-state index in [-0.39, 0.29) is 17.2 Å². The van der Waals surface area contributed by atoms with E-state index in [2.05, 4.69) is 10.6 Å². The number of benzene rings is 1. The Morgan fingerprint density at radius 2 is 2.25 bits per heavy atom. The Kier molecular flexibility index (Phi) is 4.24. The molecule has 0 spiro atoms. The van der Waals surface area contributed by atoms with Gasteiger partial charge in [-0.2, -0.15) is 0 Å². The lowest BCUT2D eigenvalue weighted by Crippen LogP contribution is -2.46. The highest BCUT2D eigenvalue weighted by molar-refractivity contribution is 6.20. The molecule has 2 rings (SSSR count). The first kappa shape index (κ1) is 14.3. The number of carbonyl (C=O) groups excluding carboxylic acids is 2. The smallest absolute Gasteiger partial charge is 0.338 e. The Morgan fingerprint density at radius 3 is 2.85 bits per heavy atom. The van der Waals surface area contributed by atoms with Crippen molar-refractivity contribution in [3.05, 3.63) is 46.9 Å². The molecule has 1 atom stereocenters. The minimum absolute atomic E-state index is 0.0658. The average molecular weight is 299 g/mol. The molecule has 1 aliphatic heterocycles. The standard InChI is InChI=1S/C13H12ClFN2O3/c1-20-12(18)10-9(6-14)16-13(19)17-11(10)7-3-2-4-8(15)5-7/h2-5,11H,6H2,1H3,(H2,16,17,19). The lowest BCUT2D eigenvalue weighted by Gasteiger charge is -2.28. The lowest BCUT2D eigenvalue weighted by molar-refractivity contribution is -0.136. The van der Waals surface area contributed by atoms with Crippen LogP contribution in [0.2, 0.25) is 0 Å². The predicted molar refractivity (Wildman–Crippen MR) is 70.6 cm³/mol. The molecule has 5 nitrogen and oxygen atoms in total. The summed E-state index contributed by atoms with van der Waals surface area (Å²) < 4.78 is 18.0. The first-order valence-electron chi connectivity index (χ1n) is 5.77. The number of carbonyl (C=O) groups is 2. The molecule has 20 heavy (non-hydrogen) atoms. The molecule has 1 aliphatic rings. The summed E-state index contributed by atoms with van der Waals surface area (Å²) in [5, 5.41) is 5.00. The molecule has 106 valence electrons. The van der Waals surface area contributed by atoms with Crippen molar-refractivity contribution >= 4 is 23.6 Å². The fourth-order valence-electron chi connectivity index (χ4n) is 2.01. The molecule has 1 aromatic rings. The maximum absolute atomic E-state index is 13.3. The molecule has 0 saturated heterocycles. The number of urea groups is 1. The van der Waals surface area contributed by atoms with Crippen LogP contribution in [0.15, 0.2) is 35.5 Å². The summed E-state index contributed by atoms with van der Waals surface area (Å²) in [7, 11) is 1.22. The highest BCUT2D eigenvalue weighted by atomic mass is 35.5. The third-order valence-corrected chi connectivity index (χ3v) is 3.14. The lowest BCUT2D eigenvalue weighted by atomic mass is 9.95. The normalized spacial score (nSPS) is 18.4. The molecule has 1 heterocycles. The van der Waals surface area contributed by atoms with Gasteiger partial charge in [0.1, 0.15) is 5.82 Å². The average Bonchev–Trinajstić information content (AvgIpc) is 2.45. The topological polar surface area (TPSA) is 67.4 Å². The monoisotopic (exact) mass is 298 g/mol. The number of ether oxygens (including phenoxy) is 1. The van der Waals surface area contributed by atoms with Gasteiger partial charge in [0.05, 0.1) is 24.6 Å². The summed E-state index contributed by atoms with van der Waals surface area (Å²) >= 11 is 5.74. The van der Waals surface area contributed by atoms with Crippen LogP contribution in [0, 0.1) is 5.82 Å². The first-order chi connectivity index (χ1) is 9.56. The van der Waals surface area contributed by atoms with Gasteiger partial charge in [-0.25, -0.2) is 14.0 Å². The molecular weight excluding hydrogens is 287 g/mol. The number of amides is 2. The van der Waals surface area contributed by atoms with Gasteiger partial charge in [-0.15, -0.1) is 11.6 Å². The zero-order valence-electron chi connectivity index (χ0n) is 10.6. The van der Waals surface area contributed by atoms with Gasteiger partial charge in [-0.05, 0) is 17.7 Å². The Hall–Kier alpha value is -2.08. The Balaban J connectivity index is 2.53. The molecule has 2 N–H and O–H groups in total. The van der Waals surface area contributed by atoms with Crippen LogP contribution in [0.3, 0.4) is 0 Å². The molecule has 0 saturated carbocycles. The van der Waals surface area contributed by atoms with Gasteiger partial charge in [0.25, 0.3) is 0 Å². The van der Waals surface area contributed by atoms with Crippen molar-refractivity contribution in [3.8, 4) is 0 Å². The highest BCUT2D eigenvalue weighted by Crippen LogP contribution is 2.28. The van der Waals surface area contributed by atoms with E-state index in [1.807, 2.05) is 0 Å². The number of allylic oxidation sites excluding steroid dienone is 1. The van der Waals surface area contributed by atoms with Crippen LogP contribution in [0.4, 0.5) is 9.18 Å². The van der Waals surface area contributed by atoms with Gasteiger partial charge < -0.3 is 15.4 Å².